The predicted molar refractivity (Wildman–Crippen MR) is 96.7 cm³/mol. The summed E-state index contributed by atoms with van der Waals surface area (Å²) in [6, 6.07) is 5.86. The predicted octanol–water partition coefficient (Wildman–Crippen LogP) is 2.37. The maximum Gasteiger partial charge on any atom is 0.328 e. The number of aliphatic carboxylic acids is 1. The highest BCUT2D eigenvalue weighted by Gasteiger charge is 2.34. The molecule has 1 aliphatic rings. The van der Waals surface area contributed by atoms with Crippen LogP contribution in [-0.2, 0) is 9.53 Å². The summed E-state index contributed by atoms with van der Waals surface area (Å²) < 4.78 is 18.4. The number of amides is 2. The molecule has 1 fully saturated rings. The maximum absolute atomic E-state index is 13.3. The Bertz CT molecular complexity index is 898. The molecule has 0 aliphatic carbocycles. The minimum atomic E-state index is -1.13. The number of nitrogens with zero attached hydrogens (tertiary/aromatic N) is 1. The molecule has 1 aliphatic heterocycles. The molecule has 2 N–H and O–H groups in total. The van der Waals surface area contributed by atoms with E-state index in [0.717, 1.165) is 17.4 Å². The maximum atomic E-state index is 13.3. The number of thiophene rings is 1. The Balaban J connectivity index is 1.78. The molecule has 7 nitrogen and oxygen atoms in total. The van der Waals surface area contributed by atoms with E-state index in [-0.39, 0.29) is 25.3 Å². The van der Waals surface area contributed by atoms with Crippen LogP contribution in [0.25, 0.3) is 0 Å². The van der Waals surface area contributed by atoms with Gasteiger partial charge in [-0.3, -0.25) is 9.59 Å². The van der Waals surface area contributed by atoms with Crippen LogP contribution in [0.5, 0.6) is 0 Å². The van der Waals surface area contributed by atoms with Gasteiger partial charge < -0.3 is 20.1 Å². The number of anilines is 1. The molecular weight excluding hydrogens is 375 g/mol. The third-order valence-corrected chi connectivity index (χ3v) is 5.25. The van der Waals surface area contributed by atoms with Crippen molar-refractivity contribution in [2.45, 2.75) is 13.0 Å². The second kappa shape index (κ2) is 7.85. The van der Waals surface area contributed by atoms with Crippen molar-refractivity contribution in [3.63, 3.8) is 0 Å². The van der Waals surface area contributed by atoms with Crippen molar-refractivity contribution in [1.29, 1.82) is 0 Å². The number of aryl methyl sites for hydroxylation is 1. The van der Waals surface area contributed by atoms with Gasteiger partial charge in [-0.2, -0.15) is 0 Å². The van der Waals surface area contributed by atoms with Crippen LogP contribution < -0.4 is 5.32 Å². The monoisotopic (exact) mass is 392 g/mol. The summed E-state index contributed by atoms with van der Waals surface area (Å²) in [4.78, 5) is 38.0. The molecule has 0 saturated carbocycles. The first kappa shape index (κ1) is 19.0. The Morgan fingerprint density at radius 1 is 1.33 bits per heavy atom. The zero-order valence-corrected chi connectivity index (χ0v) is 15.2. The molecule has 142 valence electrons. The molecule has 0 spiro atoms. The first-order valence-electron chi connectivity index (χ1n) is 8.15. The van der Waals surface area contributed by atoms with E-state index in [0.29, 0.717) is 15.4 Å². The van der Waals surface area contributed by atoms with E-state index in [2.05, 4.69) is 5.32 Å². The van der Waals surface area contributed by atoms with Crippen molar-refractivity contribution < 1.29 is 28.6 Å². The minimum absolute atomic E-state index is 0.0609. The van der Waals surface area contributed by atoms with Gasteiger partial charge in [-0.25, -0.2) is 9.18 Å². The molecule has 3 rings (SSSR count). The van der Waals surface area contributed by atoms with Gasteiger partial charge in [-0.15, -0.1) is 11.3 Å². The zero-order chi connectivity index (χ0) is 19.6. The fourth-order valence-corrected chi connectivity index (χ4v) is 3.78. The molecule has 1 saturated heterocycles. The number of halogens is 1. The van der Waals surface area contributed by atoms with E-state index in [1.165, 1.54) is 23.1 Å². The SMILES string of the molecule is Cc1cc(NC(=O)c2cccc(F)c2)sc1C(=O)N1CCOCC1C(=O)O. The van der Waals surface area contributed by atoms with Crippen molar-refractivity contribution in [3.8, 4) is 0 Å². The highest BCUT2D eigenvalue weighted by molar-refractivity contribution is 7.18. The molecule has 1 aromatic carbocycles. The minimum Gasteiger partial charge on any atom is -0.480 e. The molecule has 0 radical (unpaired) electrons. The summed E-state index contributed by atoms with van der Waals surface area (Å²) in [5.41, 5.74) is 0.781. The van der Waals surface area contributed by atoms with E-state index in [9.17, 15) is 23.9 Å². The van der Waals surface area contributed by atoms with Gasteiger partial charge >= 0.3 is 5.97 Å². The summed E-state index contributed by atoms with van der Waals surface area (Å²) >= 11 is 1.05. The molecule has 1 aromatic heterocycles. The topological polar surface area (TPSA) is 95.9 Å². The number of nitrogens with one attached hydrogen (secondary N) is 1. The van der Waals surface area contributed by atoms with Crippen LogP contribution in [0.1, 0.15) is 25.6 Å². The quantitative estimate of drug-likeness (QED) is 0.833. The first-order valence-corrected chi connectivity index (χ1v) is 8.97. The summed E-state index contributed by atoms with van der Waals surface area (Å²) in [6.45, 7) is 2.09. The van der Waals surface area contributed by atoms with E-state index in [1.807, 2.05) is 0 Å². The number of hydrogen-bond acceptors (Lipinski definition) is 5. The van der Waals surface area contributed by atoms with E-state index < -0.39 is 29.6 Å². The second-order valence-corrected chi connectivity index (χ2v) is 7.07. The van der Waals surface area contributed by atoms with Gasteiger partial charge in [0, 0.05) is 12.1 Å². The van der Waals surface area contributed by atoms with Gasteiger partial charge in [0.2, 0.25) is 0 Å². The molecule has 2 amide bonds. The van der Waals surface area contributed by atoms with Crippen molar-refractivity contribution in [2.75, 3.05) is 25.1 Å². The average molecular weight is 392 g/mol. The van der Waals surface area contributed by atoms with E-state index in [4.69, 9.17) is 4.74 Å². The Kier molecular flexibility index (Phi) is 5.52. The number of morpholine rings is 1. The molecule has 0 bridgehead atoms. The first-order chi connectivity index (χ1) is 12.9. The fourth-order valence-electron chi connectivity index (χ4n) is 2.75. The number of carboxylic acid groups (broad SMARTS) is 1. The number of rotatable bonds is 4. The summed E-state index contributed by atoms with van der Waals surface area (Å²) in [7, 11) is 0. The lowest BCUT2D eigenvalue weighted by molar-refractivity contribution is -0.147. The van der Waals surface area contributed by atoms with E-state index >= 15 is 0 Å². The van der Waals surface area contributed by atoms with Crippen molar-refractivity contribution in [2.24, 2.45) is 0 Å². The van der Waals surface area contributed by atoms with Crippen molar-refractivity contribution in [3.05, 3.63) is 52.2 Å². The van der Waals surface area contributed by atoms with Gasteiger partial charge in [0.05, 0.1) is 23.1 Å². The normalized spacial score (nSPS) is 16.8. The Labute approximate surface area is 158 Å². The Hall–Kier alpha value is -2.78. The van der Waals surface area contributed by atoms with Crippen LogP contribution in [0, 0.1) is 12.7 Å². The number of carbonyl (C=O) groups is 3. The lowest BCUT2D eigenvalue weighted by Crippen LogP contribution is -2.52. The van der Waals surface area contributed by atoms with Gasteiger partial charge in [-0.1, -0.05) is 6.07 Å². The fraction of sp³-hybridized carbons (Fsp3) is 0.278. The molecule has 2 heterocycles. The largest absolute Gasteiger partial charge is 0.480 e. The van der Waals surface area contributed by atoms with E-state index in [1.54, 1.807) is 13.0 Å². The lowest BCUT2D eigenvalue weighted by atomic mass is 10.2. The number of benzene rings is 1. The summed E-state index contributed by atoms with van der Waals surface area (Å²) in [5.74, 6) is -2.56. The standard InChI is InChI=1S/C18H17FN2O5S/c1-10-7-14(20-16(22)11-3-2-4-12(19)8-11)27-15(10)17(23)21-5-6-26-9-13(21)18(24)25/h2-4,7-8,13H,5-6,9H2,1H3,(H,20,22)(H,24,25). The number of carbonyl (C=O) groups excluding carboxylic acids is 2. The molecular formula is C18H17FN2O5S. The van der Waals surface area contributed by atoms with Crippen LogP contribution in [0.3, 0.4) is 0 Å². The molecule has 9 heteroatoms. The second-order valence-electron chi connectivity index (χ2n) is 6.01. The van der Waals surface area contributed by atoms with Gasteiger partial charge in [0.1, 0.15) is 5.82 Å². The molecule has 27 heavy (non-hydrogen) atoms. The average Bonchev–Trinajstić information content (AvgIpc) is 3.01. The van der Waals surface area contributed by atoms with Crippen LogP contribution in [-0.4, -0.2) is 53.6 Å². The van der Waals surface area contributed by atoms with Crippen LogP contribution in [0.15, 0.2) is 30.3 Å². The van der Waals surface area contributed by atoms with Crippen LogP contribution in [0.4, 0.5) is 9.39 Å². The molecule has 1 unspecified atom stereocenters. The number of ether oxygens (including phenoxy) is 1. The smallest absolute Gasteiger partial charge is 0.328 e. The lowest BCUT2D eigenvalue weighted by Gasteiger charge is -2.32. The van der Waals surface area contributed by atoms with Crippen LogP contribution in [0.2, 0.25) is 0 Å². The number of carboxylic acids is 1. The third-order valence-electron chi connectivity index (χ3n) is 4.11. The highest BCUT2D eigenvalue weighted by Crippen LogP contribution is 2.29. The van der Waals surface area contributed by atoms with Gasteiger partial charge in [0.25, 0.3) is 11.8 Å². The van der Waals surface area contributed by atoms with Gasteiger partial charge in [-0.05, 0) is 36.8 Å². The van der Waals surface area contributed by atoms with Crippen LogP contribution >= 0.6 is 11.3 Å². The third kappa shape index (κ3) is 4.15. The Morgan fingerprint density at radius 2 is 2.11 bits per heavy atom. The Morgan fingerprint density at radius 3 is 2.81 bits per heavy atom. The van der Waals surface area contributed by atoms with Crippen molar-refractivity contribution >= 4 is 34.1 Å². The van der Waals surface area contributed by atoms with Gasteiger partial charge in [0.15, 0.2) is 6.04 Å². The highest BCUT2D eigenvalue weighted by atomic mass is 32.1. The number of hydrogen-bond donors (Lipinski definition) is 2. The summed E-state index contributed by atoms with van der Waals surface area (Å²) in [6.07, 6.45) is 0. The van der Waals surface area contributed by atoms with Crippen molar-refractivity contribution in [1.82, 2.24) is 4.90 Å². The molecule has 2 aromatic rings. The zero-order valence-electron chi connectivity index (χ0n) is 14.4. The molecule has 1 atom stereocenters. The summed E-state index contributed by atoms with van der Waals surface area (Å²) in [5, 5.41) is 12.3.